The molecule has 0 fully saturated rings. The molecular weight excluding hydrogens is 1010 g/mol. The molecular formula is C74H41N9. The molecule has 0 aliphatic heterocycles. The lowest BCUT2D eigenvalue weighted by Gasteiger charge is -2.13. The van der Waals surface area contributed by atoms with Crippen LogP contribution < -0.4 is 0 Å². The topological polar surface area (TPSA) is 136 Å². The van der Waals surface area contributed by atoms with Gasteiger partial charge in [0.05, 0.1) is 91.0 Å². The van der Waals surface area contributed by atoms with Gasteiger partial charge in [0, 0.05) is 77.2 Å². The van der Waals surface area contributed by atoms with Gasteiger partial charge >= 0.3 is 0 Å². The van der Waals surface area contributed by atoms with Crippen LogP contribution in [0.25, 0.3) is 139 Å². The minimum absolute atomic E-state index is 0.428. The number of hydrogen-bond donors (Lipinski definition) is 0. The molecule has 0 saturated carbocycles. The van der Waals surface area contributed by atoms with Crippen LogP contribution in [0, 0.1) is 45.3 Å². The van der Waals surface area contributed by atoms with Gasteiger partial charge in [-0.05, 0) is 126 Å². The summed E-state index contributed by atoms with van der Waals surface area (Å²) in [5, 5.41) is 47.9. The first-order valence-corrected chi connectivity index (χ1v) is 27.1. The Balaban J connectivity index is 0.818. The fraction of sp³-hybridized carbons (Fsp3) is 0. The molecule has 0 aliphatic rings. The molecule has 11 aromatic carbocycles. The Morgan fingerprint density at radius 1 is 0.265 bits per heavy atom. The summed E-state index contributed by atoms with van der Waals surface area (Å²) < 4.78 is 7.05. The maximum absolute atomic E-state index is 10.8. The SMILES string of the molecule is N#Cc1cccc(-c2cc(-c3ccc(-c4cc(C#N)c(-c5ccc(-n6c7ccc(-n8c9ccccc9c9ccccc98)cc7c7cc(-n8c9ccccc9c9ccccc98)ccc76)cc5)cc4C#N)cc3)nc(-c3cccc(C#N)c3)n2)c1. The van der Waals surface area contributed by atoms with E-state index < -0.39 is 0 Å². The van der Waals surface area contributed by atoms with Crippen molar-refractivity contribution in [2.75, 3.05) is 0 Å². The normalized spacial score (nSPS) is 11.3. The Hall–Kier alpha value is -12.1. The minimum Gasteiger partial charge on any atom is -0.309 e. The van der Waals surface area contributed by atoms with E-state index in [4.69, 9.17) is 9.97 Å². The Morgan fingerprint density at radius 3 is 1.10 bits per heavy atom. The molecule has 382 valence electrons. The molecule has 0 aliphatic carbocycles. The Labute approximate surface area is 476 Å². The van der Waals surface area contributed by atoms with Gasteiger partial charge in [0.15, 0.2) is 5.82 Å². The van der Waals surface area contributed by atoms with E-state index in [2.05, 4.69) is 184 Å². The highest BCUT2D eigenvalue weighted by molar-refractivity contribution is 6.14. The minimum atomic E-state index is 0.428. The van der Waals surface area contributed by atoms with Crippen molar-refractivity contribution in [1.82, 2.24) is 23.7 Å². The molecule has 0 saturated heterocycles. The van der Waals surface area contributed by atoms with Crippen molar-refractivity contribution in [2.45, 2.75) is 0 Å². The van der Waals surface area contributed by atoms with Crippen LogP contribution in [0.15, 0.2) is 249 Å². The van der Waals surface area contributed by atoms with Crippen LogP contribution in [-0.2, 0) is 0 Å². The average molecular weight is 1060 g/mol. The fourth-order valence-electron chi connectivity index (χ4n) is 12.2. The van der Waals surface area contributed by atoms with Crippen LogP contribution in [0.1, 0.15) is 22.3 Å². The van der Waals surface area contributed by atoms with Gasteiger partial charge in [0.25, 0.3) is 0 Å². The van der Waals surface area contributed by atoms with Gasteiger partial charge in [-0.15, -0.1) is 0 Å². The van der Waals surface area contributed by atoms with Crippen molar-refractivity contribution in [1.29, 1.82) is 21.0 Å². The zero-order valence-electron chi connectivity index (χ0n) is 44.2. The molecule has 9 nitrogen and oxygen atoms in total. The van der Waals surface area contributed by atoms with Gasteiger partial charge in [-0.3, -0.25) is 0 Å². The second-order valence-electron chi connectivity index (χ2n) is 20.6. The van der Waals surface area contributed by atoms with E-state index in [1.165, 1.54) is 21.5 Å². The van der Waals surface area contributed by atoms with E-state index in [1.807, 2.05) is 66.7 Å². The third kappa shape index (κ3) is 7.90. The Bertz CT molecular complexity index is 5020. The molecule has 0 atom stereocenters. The highest BCUT2D eigenvalue weighted by atomic mass is 15.0. The second kappa shape index (κ2) is 19.3. The smallest absolute Gasteiger partial charge is 0.160 e. The molecule has 0 unspecified atom stereocenters. The number of hydrogen-bond acceptors (Lipinski definition) is 6. The number of fused-ring (bicyclic) bond motifs is 9. The van der Waals surface area contributed by atoms with E-state index in [0.717, 1.165) is 83.2 Å². The number of nitriles is 4. The number of nitrogens with zero attached hydrogens (tertiary/aromatic N) is 9. The molecule has 4 heterocycles. The lowest BCUT2D eigenvalue weighted by atomic mass is 9.91. The highest BCUT2D eigenvalue weighted by Gasteiger charge is 2.21. The van der Waals surface area contributed by atoms with Crippen molar-refractivity contribution in [3.63, 3.8) is 0 Å². The number of aromatic nitrogens is 5. The standard InChI is InChI=1S/C74H41N9/c75-42-46-11-9-13-51(35-46)67-41-66(79-74(80-67)52-14-10-12-47(36-52)43-76)50-25-23-48(24-26-50)62-37-54(45-78)63(38-53(62)44-77)49-27-29-55(30-28-49)81-72-33-31-56(82-68-19-5-1-15-58(68)59-16-2-6-20-69(59)82)39-64(72)65-40-57(32-34-73(65)81)83-70-21-7-3-17-60(70)61-18-4-8-22-71(61)83/h1-41H. The van der Waals surface area contributed by atoms with Gasteiger partial charge in [-0.2, -0.15) is 21.0 Å². The van der Waals surface area contributed by atoms with Crippen LogP contribution in [0.4, 0.5) is 0 Å². The molecule has 0 bridgehead atoms. The molecule has 4 aromatic heterocycles. The van der Waals surface area contributed by atoms with Crippen molar-refractivity contribution in [3.8, 4) is 97.5 Å². The largest absolute Gasteiger partial charge is 0.309 e. The molecule has 0 amide bonds. The molecule has 83 heavy (non-hydrogen) atoms. The predicted octanol–water partition coefficient (Wildman–Crippen LogP) is 17.6. The molecule has 9 heteroatoms. The zero-order chi connectivity index (χ0) is 55.7. The summed E-state index contributed by atoms with van der Waals surface area (Å²) in [6, 6.07) is 93.2. The van der Waals surface area contributed by atoms with Gasteiger partial charge in [0.1, 0.15) is 0 Å². The van der Waals surface area contributed by atoms with Gasteiger partial charge in [0.2, 0.25) is 0 Å². The van der Waals surface area contributed by atoms with Crippen LogP contribution in [0.5, 0.6) is 0 Å². The van der Waals surface area contributed by atoms with Crippen LogP contribution >= 0.6 is 0 Å². The average Bonchev–Trinajstić information content (AvgIpc) is 2.66. The summed E-state index contributed by atoms with van der Waals surface area (Å²) in [5.74, 6) is 0.431. The van der Waals surface area contributed by atoms with E-state index >= 15 is 0 Å². The number of para-hydroxylation sites is 4. The molecule has 0 radical (unpaired) electrons. The Morgan fingerprint density at radius 2 is 0.639 bits per heavy atom. The van der Waals surface area contributed by atoms with E-state index in [0.29, 0.717) is 56.2 Å². The van der Waals surface area contributed by atoms with Gasteiger partial charge in [-0.1, -0.05) is 133 Å². The third-order valence-electron chi connectivity index (χ3n) is 16.0. The lowest BCUT2D eigenvalue weighted by molar-refractivity contribution is 1.16. The first kappa shape index (κ1) is 48.0. The molecule has 0 N–H and O–H groups in total. The van der Waals surface area contributed by atoms with Gasteiger partial charge < -0.3 is 13.7 Å². The maximum atomic E-state index is 10.8. The van der Waals surface area contributed by atoms with Crippen molar-refractivity contribution in [3.05, 3.63) is 271 Å². The van der Waals surface area contributed by atoms with Crippen LogP contribution in [-0.4, -0.2) is 23.7 Å². The van der Waals surface area contributed by atoms with Crippen molar-refractivity contribution >= 4 is 65.4 Å². The fourth-order valence-corrected chi connectivity index (χ4v) is 12.2. The first-order chi connectivity index (χ1) is 40.9. The van der Waals surface area contributed by atoms with Crippen LogP contribution in [0.2, 0.25) is 0 Å². The van der Waals surface area contributed by atoms with Gasteiger partial charge in [-0.25, -0.2) is 9.97 Å². The van der Waals surface area contributed by atoms with E-state index in [1.54, 1.807) is 36.4 Å². The summed E-state index contributed by atoms with van der Waals surface area (Å²) in [4.78, 5) is 9.84. The summed E-state index contributed by atoms with van der Waals surface area (Å²) in [7, 11) is 0. The summed E-state index contributed by atoms with van der Waals surface area (Å²) in [6.07, 6.45) is 0. The first-order valence-electron chi connectivity index (χ1n) is 27.1. The zero-order valence-corrected chi connectivity index (χ0v) is 44.2. The second-order valence-corrected chi connectivity index (χ2v) is 20.6. The highest BCUT2D eigenvalue weighted by Crippen LogP contribution is 2.41. The van der Waals surface area contributed by atoms with E-state index in [9.17, 15) is 21.0 Å². The van der Waals surface area contributed by atoms with Crippen LogP contribution in [0.3, 0.4) is 0 Å². The summed E-state index contributed by atoms with van der Waals surface area (Å²) in [6.45, 7) is 0. The van der Waals surface area contributed by atoms with Crippen molar-refractivity contribution < 1.29 is 0 Å². The molecule has 15 aromatic rings. The third-order valence-corrected chi connectivity index (χ3v) is 16.0. The quantitative estimate of drug-likeness (QED) is 0.149. The summed E-state index contributed by atoms with van der Waals surface area (Å²) in [5.41, 5.74) is 17.9. The molecule has 0 spiro atoms. The predicted molar refractivity (Wildman–Crippen MR) is 331 cm³/mol. The number of benzene rings is 11. The molecule has 15 rings (SSSR count). The Kier molecular flexibility index (Phi) is 11.2. The van der Waals surface area contributed by atoms with Crippen molar-refractivity contribution in [2.24, 2.45) is 0 Å². The monoisotopic (exact) mass is 1060 g/mol. The maximum Gasteiger partial charge on any atom is 0.160 e. The summed E-state index contributed by atoms with van der Waals surface area (Å²) >= 11 is 0. The lowest BCUT2D eigenvalue weighted by Crippen LogP contribution is -1.97. The number of rotatable bonds is 8. The van der Waals surface area contributed by atoms with E-state index in [-0.39, 0.29) is 0 Å².